The molecule has 18 heavy (non-hydrogen) atoms. The Bertz CT molecular complexity index is 442. The van der Waals surface area contributed by atoms with Crippen LogP contribution in [0.15, 0.2) is 18.2 Å². The summed E-state index contributed by atoms with van der Waals surface area (Å²) < 4.78 is 27.2. The van der Waals surface area contributed by atoms with Crippen LogP contribution in [0.1, 0.15) is 11.5 Å². The largest absolute Gasteiger partial charge is 0.494 e. The fraction of sp³-hybridized carbons (Fsp3) is 0.333. The second kappa shape index (κ2) is 6.00. The SMILES string of the molecule is COC(=O)C(C(=O)OC)c1ccc(OC)c(F)c1. The lowest BCUT2D eigenvalue weighted by Crippen LogP contribution is -2.24. The van der Waals surface area contributed by atoms with Crippen molar-refractivity contribution in [3.63, 3.8) is 0 Å². The quantitative estimate of drug-likeness (QED) is 0.599. The molecule has 5 nitrogen and oxygen atoms in total. The Hall–Kier alpha value is -2.11. The van der Waals surface area contributed by atoms with E-state index in [1.54, 1.807) is 0 Å². The Morgan fingerprint density at radius 1 is 1.11 bits per heavy atom. The minimum Gasteiger partial charge on any atom is -0.494 e. The topological polar surface area (TPSA) is 61.8 Å². The van der Waals surface area contributed by atoms with Gasteiger partial charge in [0.2, 0.25) is 0 Å². The molecular formula is C12H13FO5. The zero-order valence-electron chi connectivity index (χ0n) is 10.2. The number of rotatable bonds is 4. The van der Waals surface area contributed by atoms with Crippen molar-refractivity contribution in [1.82, 2.24) is 0 Å². The average Bonchev–Trinajstić information content (AvgIpc) is 2.38. The molecule has 98 valence electrons. The third-order valence-corrected chi connectivity index (χ3v) is 2.38. The average molecular weight is 256 g/mol. The van der Waals surface area contributed by atoms with E-state index in [0.29, 0.717) is 0 Å². The molecule has 6 heteroatoms. The molecular weight excluding hydrogens is 243 g/mol. The summed E-state index contributed by atoms with van der Waals surface area (Å²) in [5.74, 6) is -3.58. The summed E-state index contributed by atoms with van der Waals surface area (Å²) in [6, 6.07) is 3.77. The van der Waals surface area contributed by atoms with Gasteiger partial charge in [0, 0.05) is 0 Å². The molecule has 0 aliphatic carbocycles. The van der Waals surface area contributed by atoms with E-state index < -0.39 is 23.7 Å². The van der Waals surface area contributed by atoms with E-state index in [2.05, 4.69) is 9.47 Å². The minimum absolute atomic E-state index is 0.0206. The van der Waals surface area contributed by atoms with Crippen LogP contribution in [0.2, 0.25) is 0 Å². The number of ether oxygens (including phenoxy) is 3. The van der Waals surface area contributed by atoms with Crippen molar-refractivity contribution >= 4 is 11.9 Å². The van der Waals surface area contributed by atoms with Gasteiger partial charge in [-0.1, -0.05) is 6.07 Å². The summed E-state index contributed by atoms with van der Waals surface area (Å²) in [4.78, 5) is 23.0. The van der Waals surface area contributed by atoms with Crippen molar-refractivity contribution in [3.8, 4) is 5.75 Å². The van der Waals surface area contributed by atoms with Crippen LogP contribution in [0.3, 0.4) is 0 Å². The van der Waals surface area contributed by atoms with E-state index in [4.69, 9.17) is 4.74 Å². The number of carbonyl (C=O) groups is 2. The lowest BCUT2D eigenvalue weighted by molar-refractivity contribution is -0.154. The van der Waals surface area contributed by atoms with Gasteiger partial charge in [-0.2, -0.15) is 0 Å². The highest BCUT2D eigenvalue weighted by Crippen LogP contribution is 2.24. The van der Waals surface area contributed by atoms with Gasteiger partial charge in [-0.25, -0.2) is 4.39 Å². The standard InChI is InChI=1S/C12H13FO5/c1-16-9-5-4-7(6-8(9)13)10(11(14)17-2)12(15)18-3/h4-6,10H,1-3H3. The van der Waals surface area contributed by atoms with Crippen molar-refractivity contribution in [3.05, 3.63) is 29.6 Å². The molecule has 0 aromatic heterocycles. The van der Waals surface area contributed by atoms with E-state index in [1.165, 1.54) is 19.2 Å². The predicted octanol–water partition coefficient (Wildman–Crippen LogP) is 1.26. The first-order valence-electron chi connectivity index (χ1n) is 5.04. The number of esters is 2. The Kier molecular flexibility index (Phi) is 4.65. The maximum atomic E-state index is 13.5. The first-order chi connectivity index (χ1) is 8.54. The number of carbonyl (C=O) groups excluding carboxylic acids is 2. The van der Waals surface area contributed by atoms with Crippen LogP contribution in [0.4, 0.5) is 4.39 Å². The van der Waals surface area contributed by atoms with E-state index in [-0.39, 0.29) is 11.3 Å². The number of hydrogen-bond acceptors (Lipinski definition) is 5. The van der Waals surface area contributed by atoms with Crippen molar-refractivity contribution < 1.29 is 28.2 Å². The van der Waals surface area contributed by atoms with E-state index in [9.17, 15) is 14.0 Å². The van der Waals surface area contributed by atoms with E-state index >= 15 is 0 Å². The van der Waals surface area contributed by atoms with Gasteiger partial charge in [-0.15, -0.1) is 0 Å². The summed E-state index contributed by atoms with van der Waals surface area (Å²) in [6.45, 7) is 0. The Balaban J connectivity index is 3.17. The van der Waals surface area contributed by atoms with Crippen LogP contribution < -0.4 is 4.74 Å². The second-order valence-corrected chi connectivity index (χ2v) is 3.37. The first-order valence-corrected chi connectivity index (χ1v) is 5.04. The van der Waals surface area contributed by atoms with Gasteiger partial charge >= 0.3 is 11.9 Å². The smallest absolute Gasteiger partial charge is 0.324 e. The van der Waals surface area contributed by atoms with Crippen LogP contribution >= 0.6 is 0 Å². The molecule has 0 bridgehead atoms. The molecule has 0 radical (unpaired) electrons. The van der Waals surface area contributed by atoms with Gasteiger partial charge in [0.1, 0.15) is 0 Å². The Morgan fingerprint density at radius 3 is 2.06 bits per heavy atom. The molecule has 1 rings (SSSR count). The zero-order valence-corrected chi connectivity index (χ0v) is 10.2. The molecule has 0 heterocycles. The molecule has 0 aliphatic rings. The predicted molar refractivity (Wildman–Crippen MR) is 59.7 cm³/mol. The van der Waals surface area contributed by atoms with Crippen molar-refractivity contribution in [2.24, 2.45) is 0 Å². The zero-order chi connectivity index (χ0) is 13.7. The van der Waals surface area contributed by atoms with Crippen molar-refractivity contribution in [1.29, 1.82) is 0 Å². The lowest BCUT2D eigenvalue weighted by atomic mass is 9.99. The fourth-order valence-electron chi connectivity index (χ4n) is 1.47. The van der Waals surface area contributed by atoms with Crippen LogP contribution in [-0.4, -0.2) is 33.3 Å². The van der Waals surface area contributed by atoms with Gasteiger partial charge in [-0.05, 0) is 17.7 Å². The number of benzene rings is 1. The number of halogens is 1. The summed E-state index contributed by atoms with van der Waals surface area (Å²) in [5, 5.41) is 0. The summed E-state index contributed by atoms with van der Waals surface area (Å²) in [5.41, 5.74) is 0.145. The Morgan fingerprint density at radius 2 is 1.67 bits per heavy atom. The van der Waals surface area contributed by atoms with Gasteiger partial charge in [0.15, 0.2) is 17.5 Å². The third-order valence-electron chi connectivity index (χ3n) is 2.38. The fourth-order valence-corrected chi connectivity index (χ4v) is 1.47. The van der Waals surface area contributed by atoms with Crippen LogP contribution in [-0.2, 0) is 19.1 Å². The molecule has 0 amide bonds. The molecule has 0 saturated heterocycles. The lowest BCUT2D eigenvalue weighted by Gasteiger charge is -2.13. The van der Waals surface area contributed by atoms with Crippen molar-refractivity contribution in [2.45, 2.75) is 5.92 Å². The molecule has 1 aromatic rings. The number of hydrogen-bond donors (Lipinski definition) is 0. The monoisotopic (exact) mass is 256 g/mol. The second-order valence-electron chi connectivity index (χ2n) is 3.37. The molecule has 0 spiro atoms. The van der Waals surface area contributed by atoms with Gasteiger partial charge in [0.25, 0.3) is 0 Å². The molecule has 0 saturated carbocycles. The van der Waals surface area contributed by atoms with Crippen LogP contribution in [0.5, 0.6) is 5.75 Å². The van der Waals surface area contributed by atoms with E-state index in [1.807, 2.05) is 0 Å². The first kappa shape index (κ1) is 14.0. The van der Waals surface area contributed by atoms with Gasteiger partial charge in [-0.3, -0.25) is 9.59 Å². The van der Waals surface area contributed by atoms with Gasteiger partial charge < -0.3 is 14.2 Å². The molecule has 0 atom stereocenters. The minimum atomic E-state index is -1.31. The maximum absolute atomic E-state index is 13.5. The summed E-state index contributed by atoms with van der Waals surface area (Å²) >= 11 is 0. The van der Waals surface area contributed by atoms with Crippen LogP contribution in [0, 0.1) is 5.82 Å². The summed E-state index contributed by atoms with van der Waals surface area (Å²) in [6.07, 6.45) is 0. The highest BCUT2D eigenvalue weighted by Gasteiger charge is 2.31. The van der Waals surface area contributed by atoms with Gasteiger partial charge in [0.05, 0.1) is 21.3 Å². The molecule has 0 fully saturated rings. The normalized spacial score (nSPS) is 10.1. The molecule has 1 aromatic carbocycles. The summed E-state index contributed by atoms with van der Waals surface area (Å²) in [7, 11) is 3.59. The third kappa shape index (κ3) is 2.77. The van der Waals surface area contributed by atoms with Crippen LogP contribution in [0.25, 0.3) is 0 Å². The Labute approximate surface area is 103 Å². The molecule has 0 aliphatic heterocycles. The highest BCUT2D eigenvalue weighted by atomic mass is 19.1. The maximum Gasteiger partial charge on any atom is 0.324 e. The van der Waals surface area contributed by atoms with E-state index in [0.717, 1.165) is 20.3 Å². The highest BCUT2D eigenvalue weighted by molar-refractivity contribution is 6.00. The molecule has 0 N–H and O–H groups in total. The number of methoxy groups -OCH3 is 3. The van der Waals surface area contributed by atoms with Crippen molar-refractivity contribution in [2.75, 3.05) is 21.3 Å². The molecule has 0 unspecified atom stereocenters.